The Kier molecular flexibility index (Phi) is 4.95. The van der Waals surface area contributed by atoms with E-state index in [4.69, 9.17) is 0 Å². The molecule has 1 amide bonds. The Morgan fingerprint density at radius 3 is 2.86 bits per heavy atom. The van der Waals surface area contributed by atoms with Gasteiger partial charge in [0.15, 0.2) is 0 Å². The summed E-state index contributed by atoms with van der Waals surface area (Å²) in [5.74, 6) is -0.710. The first kappa shape index (κ1) is 15.8. The molecule has 1 aromatic carbocycles. The number of H-pyrrole nitrogens is 1. The smallest absolute Gasteiger partial charge is 0.330 e. The second kappa shape index (κ2) is 6.91. The topological polar surface area (TPSA) is 91.4 Å². The Hall–Kier alpha value is -2.60. The number of rotatable bonds is 5. The molecule has 0 aliphatic carbocycles. The van der Waals surface area contributed by atoms with E-state index in [0.717, 1.165) is 22.2 Å². The van der Waals surface area contributed by atoms with Crippen LogP contribution >= 0.6 is 0 Å². The van der Waals surface area contributed by atoms with Gasteiger partial charge in [0.1, 0.15) is 0 Å². The highest BCUT2D eigenvalue weighted by atomic mass is 16.5. The van der Waals surface area contributed by atoms with Crippen LogP contribution in [0.3, 0.4) is 0 Å². The maximum atomic E-state index is 12.3. The lowest BCUT2D eigenvalue weighted by Crippen LogP contribution is -2.24. The SMILES string of the molecule is COC(=O)/C=C/CNC(=O)c1c(C)[nH]c2ccc(CO)cc12. The van der Waals surface area contributed by atoms with E-state index >= 15 is 0 Å². The van der Waals surface area contributed by atoms with Gasteiger partial charge in [-0.25, -0.2) is 4.79 Å². The molecule has 1 heterocycles. The van der Waals surface area contributed by atoms with Crippen LogP contribution < -0.4 is 5.32 Å². The van der Waals surface area contributed by atoms with Crippen molar-refractivity contribution in [3.05, 3.63) is 47.2 Å². The van der Waals surface area contributed by atoms with Crippen LogP contribution in [0.4, 0.5) is 0 Å². The number of aliphatic hydroxyl groups is 1. The number of aryl methyl sites for hydroxylation is 1. The van der Waals surface area contributed by atoms with Crippen LogP contribution in [0.1, 0.15) is 21.6 Å². The van der Waals surface area contributed by atoms with E-state index in [0.29, 0.717) is 5.56 Å². The molecule has 0 bridgehead atoms. The van der Waals surface area contributed by atoms with Crippen LogP contribution in [-0.4, -0.2) is 35.6 Å². The van der Waals surface area contributed by atoms with E-state index in [1.807, 2.05) is 13.0 Å². The number of esters is 1. The van der Waals surface area contributed by atoms with Gasteiger partial charge in [-0.05, 0) is 24.6 Å². The number of hydrogen-bond acceptors (Lipinski definition) is 4. The maximum absolute atomic E-state index is 12.3. The fourth-order valence-corrected chi connectivity index (χ4v) is 2.23. The molecule has 2 rings (SSSR count). The van der Waals surface area contributed by atoms with Crippen molar-refractivity contribution in [3.8, 4) is 0 Å². The number of aliphatic hydroxyl groups excluding tert-OH is 1. The molecule has 22 heavy (non-hydrogen) atoms. The highest BCUT2D eigenvalue weighted by molar-refractivity contribution is 6.08. The fourth-order valence-electron chi connectivity index (χ4n) is 2.23. The van der Waals surface area contributed by atoms with Gasteiger partial charge in [-0.2, -0.15) is 0 Å². The van der Waals surface area contributed by atoms with Crippen molar-refractivity contribution in [2.75, 3.05) is 13.7 Å². The molecule has 0 aliphatic heterocycles. The Balaban J connectivity index is 2.18. The number of nitrogens with one attached hydrogen (secondary N) is 2. The van der Waals surface area contributed by atoms with Gasteiger partial charge in [-0.3, -0.25) is 4.79 Å². The zero-order valence-corrected chi connectivity index (χ0v) is 12.5. The van der Waals surface area contributed by atoms with Gasteiger partial charge >= 0.3 is 5.97 Å². The second-order valence-corrected chi connectivity index (χ2v) is 4.80. The molecule has 2 aromatic rings. The first-order valence-electron chi connectivity index (χ1n) is 6.81. The molecule has 3 N–H and O–H groups in total. The Bertz CT molecular complexity index is 731. The van der Waals surface area contributed by atoms with E-state index in [1.165, 1.54) is 19.3 Å². The monoisotopic (exact) mass is 302 g/mol. The largest absolute Gasteiger partial charge is 0.466 e. The predicted molar refractivity (Wildman–Crippen MR) is 82.4 cm³/mol. The highest BCUT2D eigenvalue weighted by Crippen LogP contribution is 2.23. The minimum atomic E-state index is -0.467. The number of hydrogen-bond donors (Lipinski definition) is 3. The van der Waals surface area contributed by atoms with Crippen LogP contribution in [0.15, 0.2) is 30.4 Å². The molecular formula is C16H18N2O4. The number of aromatic nitrogens is 1. The number of aromatic amines is 1. The van der Waals surface area contributed by atoms with E-state index in [9.17, 15) is 14.7 Å². The lowest BCUT2D eigenvalue weighted by Gasteiger charge is -2.03. The molecule has 0 spiro atoms. The average molecular weight is 302 g/mol. The molecule has 116 valence electrons. The average Bonchev–Trinajstić information content (AvgIpc) is 2.85. The van der Waals surface area contributed by atoms with Crippen LogP contribution in [-0.2, 0) is 16.1 Å². The maximum Gasteiger partial charge on any atom is 0.330 e. The van der Waals surface area contributed by atoms with Gasteiger partial charge < -0.3 is 20.1 Å². The predicted octanol–water partition coefficient (Wildman–Crippen LogP) is 1.43. The van der Waals surface area contributed by atoms with E-state index in [2.05, 4.69) is 15.0 Å². The first-order chi connectivity index (χ1) is 10.6. The van der Waals surface area contributed by atoms with E-state index in [1.54, 1.807) is 12.1 Å². The molecule has 0 aliphatic rings. The number of methoxy groups -OCH3 is 1. The minimum Gasteiger partial charge on any atom is -0.466 e. The van der Waals surface area contributed by atoms with Crippen LogP contribution in [0.2, 0.25) is 0 Å². The molecule has 0 unspecified atom stereocenters. The molecule has 6 heteroatoms. The summed E-state index contributed by atoms with van der Waals surface area (Å²) in [7, 11) is 1.29. The van der Waals surface area contributed by atoms with E-state index < -0.39 is 5.97 Å². The van der Waals surface area contributed by atoms with Crippen molar-refractivity contribution < 1.29 is 19.4 Å². The third kappa shape index (κ3) is 3.35. The van der Waals surface area contributed by atoms with Crippen molar-refractivity contribution in [1.82, 2.24) is 10.3 Å². The lowest BCUT2D eigenvalue weighted by atomic mass is 10.1. The van der Waals surface area contributed by atoms with E-state index in [-0.39, 0.29) is 19.1 Å². The summed E-state index contributed by atoms with van der Waals surface area (Å²) in [6, 6.07) is 5.43. The molecule has 6 nitrogen and oxygen atoms in total. The molecule has 0 atom stereocenters. The van der Waals surface area contributed by atoms with Gasteiger partial charge in [-0.1, -0.05) is 12.1 Å². The molecule has 0 saturated carbocycles. The molecule has 1 aromatic heterocycles. The lowest BCUT2D eigenvalue weighted by molar-refractivity contribution is -0.134. The van der Waals surface area contributed by atoms with Crippen molar-refractivity contribution in [2.24, 2.45) is 0 Å². The zero-order valence-electron chi connectivity index (χ0n) is 12.5. The van der Waals surface area contributed by atoms with Crippen molar-refractivity contribution >= 4 is 22.8 Å². The second-order valence-electron chi connectivity index (χ2n) is 4.80. The van der Waals surface area contributed by atoms with Gasteiger partial charge in [0.05, 0.1) is 19.3 Å². The fraction of sp³-hybridized carbons (Fsp3) is 0.250. The van der Waals surface area contributed by atoms with Crippen molar-refractivity contribution in [2.45, 2.75) is 13.5 Å². The summed E-state index contributed by atoms with van der Waals surface area (Å²) in [5, 5.41) is 12.7. The summed E-state index contributed by atoms with van der Waals surface area (Å²) in [5.41, 5.74) is 2.87. The number of carbonyl (C=O) groups is 2. The number of benzene rings is 1. The van der Waals surface area contributed by atoms with Crippen molar-refractivity contribution in [3.63, 3.8) is 0 Å². The molecule has 0 saturated heterocycles. The summed E-state index contributed by atoms with van der Waals surface area (Å²) in [6.45, 7) is 1.96. The summed E-state index contributed by atoms with van der Waals surface area (Å²) in [4.78, 5) is 26.4. The normalized spacial score (nSPS) is 11.0. The highest BCUT2D eigenvalue weighted by Gasteiger charge is 2.15. The Morgan fingerprint density at radius 1 is 1.41 bits per heavy atom. The summed E-state index contributed by atoms with van der Waals surface area (Å²) >= 11 is 0. The Labute approximate surface area is 127 Å². The van der Waals surface area contributed by atoms with Gasteiger partial charge in [0, 0.05) is 29.2 Å². The number of fused-ring (bicyclic) bond motifs is 1. The first-order valence-corrected chi connectivity index (χ1v) is 6.81. The van der Waals surface area contributed by atoms with Crippen molar-refractivity contribution in [1.29, 1.82) is 0 Å². The zero-order chi connectivity index (χ0) is 16.1. The number of amides is 1. The number of carbonyl (C=O) groups excluding carboxylic acids is 2. The third-order valence-electron chi connectivity index (χ3n) is 3.30. The standard InChI is InChI=1S/C16H18N2O4/c1-10-15(16(21)17-7-3-4-14(20)22-2)12-8-11(9-19)5-6-13(12)18-10/h3-6,8,18-19H,7,9H2,1-2H3,(H,17,21)/b4-3+. The van der Waals surface area contributed by atoms with Gasteiger partial charge in [0.2, 0.25) is 0 Å². The molecule has 0 radical (unpaired) electrons. The van der Waals surface area contributed by atoms with Crippen LogP contribution in [0.5, 0.6) is 0 Å². The summed E-state index contributed by atoms with van der Waals surface area (Å²) in [6.07, 6.45) is 2.78. The number of ether oxygens (including phenoxy) is 1. The van der Waals surface area contributed by atoms with Gasteiger partial charge in [0.25, 0.3) is 5.91 Å². The minimum absolute atomic E-state index is 0.0803. The molecule has 0 fully saturated rings. The quantitative estimate of drug-likeness (QED) is 0.575. The molecular weight excluding hydrogens is 284 g/mol. The van der Waals surface area contributed by atoms with Crippen LogP contribution in [0.25, 0.3) is 10.9 Å². The summed E-state index contributed by atoms with van der Waals surface area (Å²) < 4.78 is 4.46. The van der Waals surface area contributed by atoms with Crippen LogP contribution in [0, 0.1) is 6.92 Å². The van der Waals surface area contributed by atoms with Gasteiger partial charge in [-0.15, -0.1) is 0 Å². The Morgan fingerprint density at radius 2 is 2.18 bits per heavy atom. The third-order valence-corrected chi connectivity index (χ3v) is 3.30.